The van der Waals surface area contributed by atoms with Crippen molar-refractivity contribution in [2.45, 2.75) is 19.8 Å². The second kappa shape index (κ2) is 7.89. The Morgan fingerprint density at radius 2 is 2.22 bits per heavy atom. The third-order valence-corrected chi connectivity index (χ3v) is 2.68. The molecule has 0 radical (unpaired) electrons. The van der Waals surface area contributed by atoms with Crippen LogP contribution in [0.25, 0.3) is 0 Å². The number of nitrogens with one attached hydrogen (secondary N) is 1. The summed E-state index contributed by atoms with van der Waals surface area (Å²) in [5.74, 6) is 0. The molecule has 6 heteroatoms. The molecule has 0 aromatic heterocycles. The van der Waals surface area contributed by atoms with Gasteiger partial charge in [-0.25, -0.2) is 0 Å². The largest absolute Gasteiger partial charge is 0.380 e. The molecule has 0 spiro atoms. The highest BCUT2D eigenvalue weighted by atomic mass is 35.5. The number of rotatable bonds is 8. The minimum atomic E-state index is -0.484. The van der Waals surface area contributed by atoms with E-state index in [1.807, 2.05) is 0 Å². The van der Waals surface area contributed by atoms with Gasteiger partial charge in [0.15, 0.2) is 0 Å². The molecule has 18 heavy (non-hydrogen) atoms. The second-order valence-corrected chi connectivity index (χ2v) is 4.19. The number of halogens is 1. The Bertz CT molecular complexity index is 399. The molecular weight excluding hydrogens is 256 g/mol. The lowest BCUT2D eigenvalue weighted by Gasteiger charge is -2.08. The predicted molar refractivity (Wildman–Crippen MR) is 72.3 cm³/mol. The Balaban J connectivity index is 2.47. The third kappa shape index (κ3) is 4.50. The quantitative estimate of drug-likeness (QED) is 0.447. The molecule has 5 nitrogen and oxygen atoms in total. The number of nitro groups is 1. The highest BCUT2D eigenvalue weighted by Crippen LogP contribution is 2.31. The minimum Gasteiger partial charge on any atom is -0.380 e. The van der Waals surface area contributed by atoms with Crippen molar-refractivity contribution in [3.63, 3.8) is 0 Å². The summed E-state index contributed by atoms with van der Waals surface area (Å²) in [4.78, 5) is 10.4. The van der Waals surface area contributed by atoms with E-state index in [1.165, 1.54) is 6.07 Å². The van der Waals surface area contributed by atoms with Crippen LogP contribution in [0.4, 0.5) is 11.4 Å². The summed E-state index contributed by atoms with van der Waals surface area (Å²) in [5.41, 5.74) is 0.333. The molecule has 0 saturated carbocycles. The van der Waals surface area contributed by atoms with E-state index in [-0.39, 0.29) is 10.7 Å². The van der Waals surface area contributed by atoms with Crippen molar-refractivity contribution in [2.24, 2.45) is 0 Å². The van der Waals surface area contributed by atoms with Crippen LogP contribution in [-0.4, -0.2) is 24.7 Å². The molecule has 0 aliphatic heterocycles. The van der Waals surface area contributed by atoms with Crippen molar-refractivity contribution in [3.05, 3.63) is 33.3 Å². The standard InChI is InChI=1S/C12H17ClN2O3/c1-2-3-8-18-9-7-14-11-6-4-5-10(13)12(11)15(16)17/h4-6,14H,2-3,7-9H2,1H3. The van der Waals surface area contributed by atoms with E-state index in [0.717, 1.165) is 19.4 Å². The number of hydrogen-bond acceptors (Lipinski definition) is 4. The third-order valence-electron chi connectivity index (χ3n) is 2.37. The van der Waals surface area contributed by atoms with Crippen molar-refractivity contribution in [1.29, 1.82) is 0 Å². The van der Waals surface area contributed by atoms with Crippen LogP contribution in [0.2, 0.25) is 5.02 Å². The first-order chi connectivity index (χ1) is 8.66. The van der Waals surface area contributed by atoms with Gasteiger partial charge in [-0.2, -0.15) is 0 Å². The van der Waals surface area contributed by atoms with Crippen LogP contribution in [0.1, 0.15) is 19.8 Å². The number of nitrogens with zero attached hydrogens (tertiary/aromatic N) is 1. The Labute approximate surface area is 111 Å². The van der Waals surface area contributed by atoms with E-state index >= 15 is 0 Å². The number of para-hydroxylation sites is 1. The maximum atomic E-state index is 10.9. The summed E-state index contributed by atoms with van der Waals surface area (Å²) in [5, 5.41) is 14.0. The molecule has 0 bridgehead atoms. The number of hydrogen-bond donors (Lipinski definition) is 1. The zero-order valence-corrected chi connectivity index (χ0v) is 11.1. The molecule has 0 heterocycles. The summed E-state index contributed by atoms with van der Waals surface area (Å²) in [7, 11) is 0. The van der Waals surface area contributed by atoms with Gasteiger partial charge < -0.3 is 10.1 Å². The predicted octanol–water partition coefficient (Wildman–Crippen LogP) is 3.48. The molecule has 1 rings (SSSR count). The fraction of sp³-hybridized carbons (Fsp3) is 0.500. The zero-order valence-electron chi connectivity index (χ0n) is 10.3. The Morgan fingerprint density at radius 1 is 1.44 bits per heavy atom. The van der Waals surface area contributed by atoms with Gasteiger partial charge in [0.2, 0.25) is 0 Å². The number of anilines is 1. The molecule has 1 aromatic carbocycles. The maximum absolute atomic E-state index is 10.9. The minimum absolute atomic E-state index is 0.0901. The van der Waals surface area contributed by atoms with Gasteiger partial charge in [-0.05, 0) is 18.6 Å². The number of unbranched alkanes of at least 4 members (excludes halogenated alkanes) is 1. The lowest BCUT2D eigenvalue weighted by atomic mass is 10.2. The monoisotopic (exact) mass is 272 g/mol. The lowest BCUT2D eigenvalue weighted by molar-refractivity contribution is -0.383. The van der Waals surface area contributed by atoms with E-state index < -0.39 is 4.92 Å². The summed E-state index contributed by atoms with van der Waals surface area (Å²) >= 11 is 5.79. The zero-order chi connectivity index (χ0) is 13.4. The van der Waals surface area contributed by atoms with Crippen molar-refractivity contribution in [1.82, 2.24) is 0 Å². The van der Waals surface area contributed by atoms with Crippen molar-refractivity contribution >= 4 is 23.0 Å². The first kappa shape index (κ1) is 14.7. The Hall–Kier alpha value is -1.33. The SMILES string of the molecule is CCCCOCCNc1cccc(Cl)c1[N+](=O)[O-]. The van der Waals surface area contributed by atoms with Crippen LogP contribution in [0.3, 0.4) is 0 Å². The molecule has 1 aromatic rings. The molecular formula is C12H17ClN2O3. The molecule has 0 aliphatic carbocycles. The van der Waals surface area contributed by atoms with Gasteiger partial charge in [-0.15, -0.1) is 0 Å². The molecule has 0 atom stereocenters. The average Bonchev–Trinajstić information content (AvgIpc) is 2.33. The fourth-order valence-corrected chi connectivity index (χ4v) is 1.69. The van der Waals surface area contributed by atoms with E-state index in [1.54, 1.807) is 12.1 Å². The van der Waals surface area contributed by atoms with Crippen LogP contribution in [0, 0.1) is 10.1 Å². The Morgan fingerprint density at radius 3 is 2.89 bits per heavy atom. The maximum Gasteiger partial charge on any atom is 0.310 e. The highest BCUT2D eigenvalue weighted by molar-refractivity contribution is 6.33. The molecule has 0 amide bonds. The van der Waals surface area contributed by atoms with Crippen LogP contribution < -0.4 is 5.32 Å². The fourth-order valence-electron chi connectivity index (χ4n) is 1.45. The molecule has 0 unspecified atom stereocenters. The van der Waals surface area contributed by atoms with Gasteiger partial charge in [0.25, 0.3) is 0 Å². The molecule has 0 aliphatic rings. The molecule has 0 fully saturated rings. The van der Waals surface area contributed by atoms with Crippen LogP contribution in [0.5, 0.6) is 0 Å². The summed E-state index contributed by atoms with van der Waals surface area (Å²) in [6.07, 6.45) is 2.12. The van der Waals surface area contributed by atoms with Gasteiger partial charge in [0.1, 0.15) is 10.7 Å². The smallest absolute Gasteiger partial charge is 0.310 e. The van der Waals surface area contributed by atoms with Crippen molar-refractivity contribution < 1.29 is 9.66 Å². The topological polar surface area (TPSA) is 64.4 Å². The normalized spacial score (nSPS) is 10.3. The molecule has 0 saturated heterocycles. The second-order valence-electron chi connectivity index (χ2n) is 3.79. The van der Waals surface area contributed by atoms with E-state index in [9.17, 15) is 10.1 Å². The van der Waals surface area contributed by atoms with Crippen molar-refractivity contribution in [3.8, 4) is 0 Å². The summed E-state index contributed by atoms with van der Waals surface area (Å²) in [6.45, 7) is 3.85. The van der Waals surface area contributed by atoms with Crippen LogP contribution in [-0.2, 0) is 4.74 Å². The van der Waals surface area contributed by atoms with Crippen LogP contribution in [0.15, 0.2) is 18.2 Å². The van der Waals surface area contributed by atoms with Gasteiger partial charge in [-0.3, -0.25) is 10.1 Å². The van der Waals surface area contributed by atoms with Gasteiger partial charge in [-0.1, -0.05) is 31.0 Å². The number of benzene rings is 1. The van der Waals surface area contributed by atoms with Gasteiger partial charge in [0.05, 0.1) is 11.5 Å². The lowest BCUT2D eigenvalue weighted by Crippen LogP contribution is -2.11. The van der Waals surface area contributed by atoms with Crippen LogP contribution >= 0.6 is 11.6 Å². The number of nitro benzene ring substituents is 1. The van der Waals surface area contributed by atoms with Crippen molar-refractivity contribution in [2.75, 3.05) is 25.1 Å². The highest BCUT2D eigenvalue weighted by Gasteiger charge is 2.17. The Kier molecular flexibility index (Phi) is 6.46. The molecule has 1 N–H and O–H groups in total. The van der Waals surface area contributed by atoms with E-state index in [4.69, 9.17) is 16.3 Å². The summed E-state index contributed by atoms with van der Waals surface area (Å²) in [6, 6.07) is 4.81. The summed E-state index contributed by atoms with van der Waals surface area (Å²) < 4.78 is 5.36. The molecule has 100 valence electrons. The first-order valence-corrected chi connectivity index (χ1v) is 6.29. The van der Waals surface area contributed by atoms with E-state index in [2.05, 4.69) is 12.2 Å². The first-order valence-electron chi connectivity index (χ1n) is 5.91. The average molecular weight is 273 g/mol. The van der Waals surface area contributed by atoms with Gasteiger partial charge in [0, 0.05) is 13.2 Å². The van der Waals surface area contributed by atoms with Gasteiger partial charge >= 0.3 is 5.69 Å². The van der Waals surface area contributed by atoms with E-state index in [0.29, 0.717) is 18.8 Å². The number of ether oxygens (including phenoxy) is 1.